The van der Waals surface area contributed by atoms with Crippen molar-refractivity contribution in [2.75, 3.05) is 40.3 Å². The van der Waals surface area contributed by atoms with E-state index in [0.29, 0.717) is 5.56 Å². The first-order valence-corrected chi connectivity index (χ1v) is 7.32. The van der Waals surface area contributed by atoms with Gasteiger partial charge in [-0.1, -0.05) is 24.8 Å². The Balaban J connectivity index is 2.74. The molecule has 1 N–H and O–H groups in total. The number of halogens is 1. The molecular formula is C17H25FN2O. The topological polar surface area (TPSA) is 26.7 Å². The molecule has 0 saturated heterocycles. The van der Waals surface area contributed by atoms with Crippen LogP contribution in [0.5, 0.6) is 0 Å². The molecule has 0 aromatic heterocycles. The minimum absolute atomic E-state index is 0.212. The highest BCUT2D eigenvalue weighted by Crippen LogP contribution is 2.13. The second kappa shape index (κ2) is 9.51. The maximum Gasteiger partial charge on any atom is 0.124 e. The van der Waals surface area contributed by atoms with E-state index in [9.17, 15) is 4.39 Å². The van der Waals surface area contributed by atoms with Gasteiger partial charge < -0.3 is 10.0 Å². The Morgan fingerprint density at radius 2 is 2.00 bits per heavy atom. The number of hydrogen-bond donors (Lipinski definition) is 1. The molecule has 3 nitrogen and oxygen atoms in total. The SMILES string of the molecule is CCN(CCCN(C)C)Cc1ccc(F)cc1C#CCO. The summed E-state index contributed by atoms with van der Waals surface area (Å²) in [5.74, 6) is 5.13. The molecule has 1 rings (SSSR count). The summed E-state index contributed by atoms with van der Waals surface area (Å²) in [6, 6.07) is 4.68. The molecule has 0 atom stereocenters. The van der Waals surface area contributed by atoms with Crippen molar-refractivity contribution in [2.24, 2.45) is 0 Å². The molecule has 0 fully saturated rings. The molecule has 0 aliphatic carbocycles. The van der Waals surface area contributed by atoms with Gasteiger partial charge in [-0.05, 0) is 57.8 Å². The fourth-order valence-corrected chi connectivity index (χ4v) is 2.14. The van der Waals surface area contributed by atoms with E-state index in [1.807, 2.05) is 0 Å². The average Bonchev–Trinajstić information content (AvgIpc) is 2.45. The van der Waals surface area contributed by atoms with Gasteiger partial charge in [-0.15, -0.1) is 0 Å². The minimum Gasteiger partial charge on any atom is -0.384 e. The van der Waals surface area contributed by atoms with E-state index in [2.05, 4.69) is 42.7 Å². The van der Waals surface area contributed by atoms with E-state index < -0.39 is 0 Å². The van der Waals surface area contributed by atoms with Crippen LogP contribution in [0.15, 0.2) is 18.2 Å². The Kier molecular flexibility index (Phi) is 7.99. The normalized spacial score (nSPS) is 10.8. The third kappa shape index (κ3) is 6.72. The van der Waals surface area contributed by atoms with E-state index >= 15 is 0 Å². The predicted molar refractivity (Wildman–Crippen MR) is 84.5 cm³/mol. The lowest BCUT2D eigenvalue weighted by Crippen LogP contribution is -2.27. The summed E-state index contributed by atoms with van der Waals surface area (Å²) >= 11 is 0. The highest BCUT2D eigenvalue weighted by Gasteiger charge is 2.08. The highest BCUT2D eigenvalue weighted by molar-refractivity contribution is 5.41. The highest BCUT2D eigenvalue weighted by atomic mass is 19.1. The number of aliphatic hydroxyl groups excluding tert-OH is 1. The monoisotopic (exact) mass is 292 g/mol. The van der Waals surface area contributed by atoms with Crippen LogP contribution < -0.4 is 0 Å². The van der Waals surface area contributed by atoms with Gasteiger partial charge in [0.15, 0.2) is 0 Å². The first-order valence-electron chi connectivity index (χ1n) is 7.32. The third-order valence-corrected chi connectivity index (χ3v) is 3.29. The fraction of sp³-hybridized carbons (Fsp3) is 0.529. The van der Waals surface area contributed by atoms with Crippen LogP contribution in [-0.2, 0) is 6.54 Å². The first-order chi connectivity index (χ1) is 10.1. The van der Waals surface area contributed by atoms with Crippen molar-refractivity contribution in [1.82, 2.24) is 9.80 Å². The van der Waals surface area contributed by atoms with Crippen molar-refractivity contribution in [1.29, 1.82) is 0 Å². The van der Waals surface area contributed by atoms with Crippen molar-refractivity contribution >= 4 is 0 Å². The van der Waals surface area contributed by atoms with Gasteiger partial charge in [0.2, 0.25) is 0 Å². The van der Waals surface area contributed by atoms with Crippen LogP contribution in [-0.4, -0.2) is 55.2 Å². The van der Waals surface area contributed by atoms with E-state index in [1.54, 1.807) is 6.07 Å². The average molecular weight is 292 g/mol. The second-order valence-corrected chi connectivity index (χ2v) is 5.29. The number of hydrogen-bond acceptors (Lipinski definition) is 3. The fourth-order valence-electron chi connectivity index (χ4n) is 2.14. The number of aliphatic hydroxyl groups is 1. The molecule has 0 amide bonds. The third-order valence-electron chi connectivity index (χ3n) is 3.29. The molecule has 1 aromatic carbocycles. The Morgan fingerprint density at radius 1 is 1.24 bits per heavy atom. The number of rotatable bonds is 7. The molecular weight excluding hydrogens is 267 g/mol. The summed E-state index contributed by atoms with van der Waals surface area (Å²) in [6.45, 7) is 5.65. The molecule has 4 heteroatoms. The molecule has 0 spiro atoms. The van der Waals surface area contributed by atoms with Gasteiger partial charge in [-0.3, -0.25) is 4.90 Å². The molecule has 0 saturated carbocycles. The van der Waals surface area contributed by atoms with Crippen molar-refractivity contribution in [3.8, 4) is 11.8 Å². The van der Waals surface area contributed by atoms with E-state index in [-0.39, 0.29) is 12.4 Å². The van der Waals surface area contributed by atoms with E-state index in [0.717, 1.165) is 38.2 Å². The summed E-state index contributed by atoms with van der Waals surface area (Å²) in [4.78, 5) is 4.49. The zero-order valence-corrected chi connectivity index (χ0v) is 13.2. The standard InChI is InChI=1S/C17H25FN2O/c1-4-20(11-6-10-19(2)3)14-16-8-9-17(18)13-15(16)7-5-12-21/h8-9,13,21H,4,6,10-12,14H2,1-3H3. The van der Waals surface area contributed by atoms with E-state index in [1.165, 1.54) is 12.1 Å². The first kappa shape index (κ1) is 17.6. The maximum absolute atomic E-state index is 13.3. The lowest BCUT2D eigenvalue weighted by atomic mass is 10.1. The van der Waals surface area contributed by atoms with Crippen molar-refractivity contribution in [2.45, 2.75) is 19.9 Å². The van der Waals surface area contributed by atoms with E-state index in [4.69, 9.17) is 5.11 Å². The van der Waals surface area contributed by atoms with Crippen molar-refractivity contribution in [3.63, 3.8) is 0 Å². The number of benzene rings is 1. The van der Waals surface area contributed by atoms with Crippen LogP contribution >= 0.6 is 0 Å². The Bertz CT molecular complexity index is 491. The van der Waals surface area contributed by atoms with Crippen molar-refractivity contribution in [3.05, 3.63) is 35.1 Å². The van der Waals surface area contributed by atoms with Crippen LogP contribution in [0.2, 0.25) is 0 Å². The van der Waals surface area contributed by atoms with Crippen LogP contribution in [0.1, 0.15) is 24.5 Å². The van der Waals surface area contributed by atoms with Crippen LogP contribution in [0.3, 0.4) is 0 Å². The molecule has 0 bridgehead atoms. The molecule has 0 unspecified atom stereocenters. The molecule has 0 heterocycles. The zero-order chi connectivity index (χ0) is 15.7. The van der Waals surface area contributed by atoms with Crippen LogP contribution in [0.4, 0.5) is 4.39 Å². The lowest BCUT2D eigenvalue weighted by molar-refractivity contribution is 0.259. The molecule has 0 aliphatic rings. The Morgan fingerprint density at radius 3 is 2.62 bits per heavy atom. The Labute approximate surface area is 127 Å². The van der Waals surface area contributed by atoms with Crippen molar-refractivity contribution < 1.29 is 9.50 Å². The molecule has 21 heavy (non-hydrogen) atoms. The summed E-state index contributed by atoms with van der Waals surface area (Å²) in [5, 5.41) is 8.80. The van der Waals surface area contributed by atoms with Gasteiger partial charge in [0.05, 0.1) is 0 Å². The van der Waals surface area contributed by atoms with Gasteiger partial charge in [0.1, 0.15) is 12.4 Å². The molecule has 1 aromatic rings. The van der Waals surface area contributed by atoms with Gasteiger partial charge in [0.25, 0.3) is 0 Å². The van der Waals surface area contributed by atoms with Crippen LogP contribution in [0, 0.1) is 17.7 Å². The molecule has 0 aliphatic heterocycles. The van der Waals surface area contributed by atoms with Gasteiger partial charge in [0, 0.05) is 12.1 Å². The molecule has 116 valence electrons. The largest absolute Gasteiger partial charge is 0.384 e. The lowest BCUT2D eigenvalue weighted by Gasteiger charge is -2.22. The number of nitrogens with zero attached hydrogens (tertiary/aromatic N) is 2. The smallest absolute Gasteiger partial charge is 0.124 e. The summed E-state index contributed by atoms with van der Waals surface area (Å²) in [7, 11) is 4.14. The van der Waals surface area contributed by atoms with Crippen LogP contribution in [0.25, 0.3) is 0 Å². The van der Waals surface area contributed by atoms with Gasteiger partial charge in [-0.25, -0.2) is 4.39 Å². The predicted octanol–water partition coefficient (Wildman–Crippen LogP) is 1.94. The molecule has 0 radical (unpaired) electrons. The maximum atomic E-state index is 13.3. The minimum atomic E-state index is -0.295. The summed E-state index contributed by atoms with van der Waals surface area (Å²) in [6.07, 6.45) is 1.10. The zero-order valence-electron chi connectivity index (χ0n) is 13.2. The summed E-state index contributed by atoms with van der Waals surface area (Å²) in [5.41, 5.74) is 1.67. The quantitative estimate of drug-likeness (QED) is 0.778. The second-order valence-electron chi connectivity index (χ2n) is 5.29. The summed E-state index contributed by atoms with van der Waals surface area (Å²) < 4.78 is 13.3. The van der Waals surface area contributed by atoms with Gasteiger partial charge in [-0.2, -0.15) is 0 Å². The van der Waals surface area contributed by atoms with Gasteiger partial charge >= 0.3 is 0 Å². The Hall–Kier alpha value is -1.41.